The van der Waals surface area contributed by atoms with E-state index in [1.54, 1.807) is 12.1 Å². The predicted octanol–water partition coefficient (Wildman–Crippen LogP) is 5.01. The van der Waals surface area contributed by atoms with E-state index in [0.717, 1.165) is 57.9 Å². The highest BCUT2D eigenvalue weighted by atomic mass is 16.3. The molecule has 0 bridgehead atoms. The molecular weight excluding hydrogens is 506 g/mol. The first-order valence-electron chi connectivity index (χ1n) is 13.3. The van der Waals surface area contributed by atoms with Crippen LogP contribution in [0.15, 0.2) is 66.7 Å². The molecule has 2 heterocycles. The van der Waals surface area contributed by atoms with Crippen LogP contribution in [0.4, 0.5) is 17.1 Å². The van der Waals surface area contributed by atoms with Gasteiger partial charge < -0.3 is 27.2 Å². The van der Waals surface area contributed by atoms with Crippen molar-refractivity contribution in [2.75, 3.05) is 15.5 Å². The van der Waals surface area contributed by atoms with Crippen molar-refractivity contribution in [3.8, 4) is 5.75 Å². The normalized spacial score (nSPS) is 17.9. The van der Waals surface area contributed by atoms with Gasteiger partial charge in [0.15, 0.2) is 0 Å². The van der Waals surface area contributed by atoms with Gasteiger partial charge in [-0.1, -0.05) is 44.2 Å². The van der Waals surface area contributed by atoms with Crippen LogP contribution in [-0.4, -0.2) is 28.4 Å². The molecule has 0 radical (unpaired) electrons. The van der Waals surface area contributed by atoms with E-state index in [2.05, 4.69) is 49.3 Å². The van der Waals surface area contributed by atoms with E-state index in [4.69, 9.17) is 11.5 Å². The van der Waals surface area contributed by atoms with Crippen LogP contribution < -0.4 is 27.0 Å². The van der Waals surface area contributed by atoms with Crippen LogP contribution in [0.3, 0.4) is 0 Å². The summed E-state index contributed by atoms with van der Waals surface area (Å²) in [6.45, 7) is 10.4. The maximum absolute atomic E-state index is 13.1. The van der Waals surface area contributed by atoms with Crippen molar-refractivity contribution in [3.05, 3.63) is 94.6 Å². The topological polar surface area (TPSA) is 151 Å². The first-order chi connectivity index (χ1) is 19.0. The molecule has 9 heteroatoms. The molecule has 3 unspecified atom stereocenters. The fraction of sp³-hybridized carbons (Fsp3) is 0.258. The van der Waals surface area contributed by atoms with E-state index >= 15 is 0 Å². The minimum absolute atomic E-state index is 0.0172. The molecule has 2 aliphatic rings. The molecule has 0 aromatic heterocycles. The third-order valence-corrected chi connectivity index (χ3v) is 8.21. The lowest BCUT2D eigenvalue weighted by Gasteiger charge is -2.37. The third kappa shape index (κ3) is 4.19. The monoisotopic (exact) mass is 539 g/mol. The van der Waals surface area contributed by atoms with Gasteiger partial charge in [0.1, 0.15) is 11.9 Å². The second-order valence-corrected chi connectivity index (χ2v) is 10.5. The molecule has 3 aromatic carbocycles. The number of amides is 3. The van der Waals surface area contributed by atoms with Gasteiger partial charge in [0.05, 0.1) is 33.8 Å². The summed E-state index contributed by atoms with van der Waals surface area (Å²) in [7, 11) is 0. The minimum atomic E-state index is -0.887. The van der Waals surface area contributed by atoms with Crippen molar-refractivity contribution in [3.63, 3.8) is 0 Å². The number of primary amides is 1. The van der Waals surface area contributed by atoms with Gasteiger partial charge in [-0.25, -0.2) is 4.90 Å². The Kier molecular flexibility index (Phi) is 6.63. The van der Waals surface area contributed by atoms with Crippen LogP contribution >= 0.6 is 0 Å². The van der Waals surface area contributed by atoms with E-state index in [0.29, 0.717) is 5.69 Å². The van der Waals surface area contributed by atoms with Gasteiger partial charge in [-0.2, -0.15) is 0 Å². The van der Waals surface area contributed by atoms with Crippen molar-refractivity contribution in [2.24, 2.45) is 11.5 Å². The number of nitrogens with two attached hydrogens (primary N) is 2. The lowest BCUT2D eigenvalue weighted by Crippen LogP contribution is -2.46. The zero-order valence-electron chi connectivity index (χ0n) is 22.7. The molecule has 0 saturated heterocycles. The van der Waals surface area contributed by atoms with Crippen molar-refractivity contribution >= 4 is 34.8 Å². The molecule has 9 nitrogen and oxygen atoms in total. The molecular formula is C31H33N5O4. The van der Waals surface area contributed by atoms with Gasteiger partial charge in [-0.05, 0) is 67.3 Å². The fourth-order valence-corrected chi connectivity index (χ4v) is 5.80. The van der Waals surface area contributed by atoms with E-state index in [-0.39, 0.29) is 28.8 Å². The number of phenols is 1. The van der Waals surface area contributed by atoms with Gasteiger partial charge in [0.25, 0.3) is 17.7 Å². The molecule has 206 valence electrons. The summed E-state index contributed by atoms with van der Waals surface area (Å²) in [4.78, 5) is 38.7. The summed E-state index contributed by atoms with van der Waals surface area (Å²) in [5.74, 6) is -2.37. The van der Waals surface area contributed by atoms with Crippen molar-refractivity contribution in [2.45, 2.75) is 51.2 Å². The van der Waals surface area contributed by atoms with Crippen LogP contribution in [0.25, 0.3) is 0 Å². The summed E-state index contributed by atoms with van der Waals surface area (Å²) >= 11 is 0. The molecule has 2 aliphatic heterocycles. The number of nitrogens with zero attached hydrogens (tertiary/aromatic N) is 1. The summed E-state index contributed by atoms with van der Waals surface area (Å²) in [5.41, 5.74) is 16.8. The van der Waals surface area contributed by atoms with E-state index in [1.165, 1.54) is 0 Å². The number of nitrogens with one attached hydrogen (secondary N) is 2. The van der Waals surface area contributed by atoms with Crippen molar-refractivity contribution in [1.29, 1.82) is 0 Å². The molecule has 0 fully saturated rings. The Morgan fingerprint density at radius 1 is 1.02 bits per heavy atom. The molecule has 5 rings (SSSR count). The maximum atomic E-state index is 13.1. The van der Waals surface area contributed by atoms with Crippen LogP contribution in [0, 0.1) is 0 Å². The maximum Gasteiger partial charge on any atom is 0.266 e. The zero-order chi connectivity index (χ0) is 28.9. The Morgan fingerprint density at radius 3 is 2.23 bits per heavy atom. The molecule has 0 aliphatic carbocycles. The number of benzene rings is 3. The number of rotatable bonds is 8. The molecule has 3 aromatic rings. The molecule has 3 amide bonds. The van der Waals surface area contributed by atoms with E-state index < -0.39 is 29.0 Å². The second kappa shape index (κ2) is 9.84. The largest absolute Gasteiger partial charge is 0.507 e. The highest BCUT2D eigenvalue weighted by molar-refractivity contribution is 6.35. The highest BCUT2D eigenvalue weighted by Gasteiger charge is 2.38. The number of imide groups is 1. The number of aromatic hydroxyl groups is 1. The quantitative estimate of drug-likeness (QED) is 0.199. The Morgan fingerprint density at radius 2 is 1.65 bits per heavy atom. The average Bonchev–Trinajstić information content (AvgIpc) is 3.46. The van der Waals surface area contributed by atoms with Crippen molar-refractivity contribution < 1.29 is 19.5 Å². The number of carbonyl (C=O) groups is 3. The van der Waals surface area contributed by atoms with Crippen LogP contribution in [0.1, 0.15) is 87.9 Å². The van der Waals surface area contributed by atoms with E-state index in [1.807, 2.05) is 19.1 Å². The average molecular weight is 540 g/mol. The number of hydrogen-bond acceptors (Lipinski definition) is 7. The van der Waals surface area contributed by atoms with Crippen LogP contribution in [0.2, 0.25) is 0 Å². The summed E-state index contributed by atoms with van der Waals surface area (Å²) in [5, 5.41) is 17.1. The number of anilines is 3. The van der Waals surface area contributed by atoms with Gasteiger partial charge in [-0.3, -0.25) is 14.4 Å². The summed E-state index contributed by atoms with van der Waals surface area (Å²) in [6.07, 6.45) is 1.46. The Balaban J connectivity index is 1.36. The molecule has 0 saturated carbocycles. The van der Waals surface area contributed by atoms with Gasteiger partial charge in [-0.15, -0.1) is 0 Å². The summed E-state index contributed by atoms with van der Waals surface area (Å²) < 4.78 is 0. The second-order valence-electron chi connectivity index (χ2n) is 10.5. The SMILES string of the molecule is C=C(C)C(N)(CC)C(CC)c1ccc2c(c1)NC(c1ccc(N3C(=O)c4cc(O)c(C(N)=O)cc4C3=O)cc1)N2. The smallest absolute Gasteiger partial charge is 0.266 e. The molecule has 3 atom stereocenters. The Labute approximate surface area is 232 Å². The standard InChI is InChI=1S/C31H33N5O4/c1-5-23(31(33,6-2)16(3)4)18-9-12-24-25(13-18)35-28(34-24)17-7-10-19(11-8-17)36-29(39)20-14-22(27(32)38)26(37)15-21(20)30(36)40/h7-15,23,28,34-35,37H,3,5-6,33H2,1-2,4H3,(H2,32,38). The highest BCUT2D eigenvalue weighted by Crippen LogP contribution is 2.42. The van der Waals surface area contributed by atoms with Crippen molar-refractivity contribution in [1.82, 2.24) is 0 Å². The Bertz CT molecular complexity index is 1560. The van der Waals surface area contributed by atoms with Crippen LogP contribution in [0.5, 0.6) is 5.75 Å². The molecule has 40 heavy (non-hydrogen) atoms. The van der Waals surface area contributed by atoms with Gasteiger partial charge in [0.2, 0.25) is 0 Å². The lowest BCUT2D eigenvalue weighted by molar-refractivity contribution is 0.0924. The minimum Gasteiger partial charge on any atom is -0.507 e. The molecule has 7 N–H and O–H groups in total. The fourth-order valence-electron chi connectivity index (χ4n) is 5.80. The lowest BCUT2D eigenvalue weighted by atomic mass is 9.72. The Hall–Kier alpha value is -4.63. The van der Waals surface area contributed by atoms with Crippen LogP contribution in [-0.2, 0) is 0 Å². The van der Waals surface area contributed by atoms with Gasteiger partial charge >= 0.3 is 0 Å². The predicted molar refractivity (Wildman–Crippen MR) is 156 cm³/mol. The first kappa shape index (κ1) is 27.0. The third-order valence-electron chi connectivity index (χ3n) is 8.21. The first-order valence-corrected chi connectivity index (χ1v) is 13.3. The zero-order valence-corrected chi connectivity index (χ0v) is 22.7. The molecule has 0 spiro atoms. The van der Waals surface area contributed by atoms with E-state index in [9.17, 15) is 19.5 Å². The number of carbonyl (C=O) groups excluding carboxylic acids is 3. The number of hydrogen-bond donors (Lipinski definition) is 5. The number of fused-ring (bicyclic) bond motifs is 2. The summed E-state index contributed by atoms with van der Waals surface area (Å²) in [6, 6.07) is 15.6. The van der Waals surface area contributed by atoms with Gasteiger partial charge in [0, 0.05) is 11.5 Å².